The molecule has 0 unspecified atom stereocenters. The van der Waals surface area contributed by atoms with E-state index in [-0.39, 0.29) is 23.1 Å². The fourth-order valence-electron chi connectivity index (χ4n) is 7.97. The average molecular weight is 923 g/mol. The number of hydrogen-bond acceptors (Lipinski definition) is 10. The largest absolute Gasteiger partial charge is 0.493 e. The molecule has 14 nitrogen and oxygen atoms in total. The first kappa shape index (κ1) is 46.1. The van der Waals surface area contributed by atoms with Gasteiger partial charge >= 0.3 is 5.97 Å². The van der Waals surface area contributed by atoms with Crippen molar-refractivity contribution in [2.45, 2.75) is 52.2 Å². The van der Waals surface area contributed by atoms with Crippen LogP contribution in [0.25, 0.3) is 50.5 Å². The molecule has 3 N–H and O–H groups in total. The number of halogens is 1. The van der Waals surface area contributed by atoms with E-state index in [1.807, 2.05) is 136 Å². The van der Waals surface area contributed by atoms with Gasteiger partial charge in [0.1, 0.15) is 49.1 Å². The fraction of sp³-hybridized carbons (Fsp3) is 0.269. The van der Waals surface area contributed by atoms with Crippen LogP contribution in [-0.2, 0) is 6.54 Å². The van der Waals surface area contributed by atoms with Gasteiger partial charge in [-0.2, -0.15) is 14.6 Å². The van der Waals surface area contributed by atoms with E-state index in [9.17, 15) is 14.7 Å². The van der Waals surface area contributed by atoms with Crippen molar-refractivity contribution in [1.29, 1.82) is 0 Å². The van der Waals surface area contributed by atoms with Crippen LogP contribution >= 0.6 is 11.6 Å². The number of rotatable bonds is 18. The number of nitrogens with zero attached hydrogens (tertiary/aromatic N) is 6. The van der Waals surface area contributed by atoms with Crippen LogP contribution in [0.1, 0.15) is 65.8 Å². The molecule has 67 heavy (non-hydrogen) atoms. The normalized spacial score (nSPS) is 11.3. The number of fused-ring (bicyclic) bond motifs is 3. The molecule has 4 aromatic carbocycles. The van der Waals surface area contributed by atoms with E-state index in [0.717, 1.165) is 64.4 Å². The number of amides is 1. The van der Waals surface area contributed by atoms with Crippen LogP contribution in [0.5, 0.6) is 11.5 Å². The number of benzene rings is 5. The van der Waals surface area contributed by atoms with Crippen LogP contribution in [-0.4, -0.2) is 84.0 Å². The van der Waals surface area contributed by atoms with Gasteiger partial charge in [-0.3, -0.25) is 4.79 Å². The van der Waals surface area contributed by atoms with Gasteiger partial charge in [-0.05, 0) is 86.8 Å². The van der Waals surface area contributed by atoms with E-state index in [2.05, 4.69) is 20.7 Å². The Balaban J connectivity index is 0.880. The maximum atomic E-state index is 13.4. The predicted molar refractivity (Wildman–Crippen MR) is 264 cm³/mol. The third kappa shape index (κ3) is 10.5. The van der Waals surface area contributed by atoms with E-state index >= 15 is 0 Å². The quantitative estimate of drug-likeness (QED) is 0.0428. The first-order chi connectivity index (χ1) is 32.3. The summed E-state index contributed by atoms with van der Waals surface area (Å²) in [7, 11) is 7.82. The molecular weight excluding hydrogens is 868 g/mol. The van der Waals surface area contributed by atoms with Crippen LogP contribution < -0.4 is 34.9 Å². The topological polar surface area (TPSA) is 159 Å². The maximum Gasteiger partial charge on any atom is 0.336 e. The Labute approximate surface area is 393 Å². The Morgan fingerprint density at radius 2 is 1.69 bits per heavy atom. The molecule has 0 radical (unpaired) electrons. The van der Waals surface area contributed by atoms with Gasteiger partial charge in [0.05, 0.1) is 30.0 Å². The lowest BCUT2D eigenvalue weighted by molar-refractivity contribution is 0.0697. The lowest BCUT2D eigenvalue weighted by Crippen LogP contribution is -2.24. The fourth-order valence-corrected chi connectivity index (χ4v) is 8.13. The second-order valence-electron chi connectivity index (χ2n) is 17.0. The van der Waals surface area contributed by atoms with E-state index in [0.29, 0.717) is 70.4 Å². The Bertz CT molecular complexity index is 3140. The highest BCUT2D eigenvalue weighted by Crippen LogP contribution is 2.42. The van der Waals surface area contributed by atoms with Gasteiger partial charge in [0.15, 0.2) is 0 Å². The number of anilines is 2. The molecule has 3 heterocycles. The van der Waals surface area contributed by atoms with E-state index in [1.165, 1.54) is 12.4 Å². The number of nitrogens with one attached hydrogen (secondary N) is 2. The number of ether oxygens (including phenoxy) is 2. The summed E-state index contributed by atoms with van der Waals surface area (Å²) in [4.78, 5) is 37.4. The number of unbranched alkanes of at least 4 members (excludes halogenated alkanes) is 3. The molecule has 0 saturated heterocycles. The second kappa shape index (κ2) is 20.4. The molecule has 0 fully saturated rings. The zero-order valence-corrected chi connectivity index (χ0v) is 39.2. The third-order valence-corrected chi connectivity index (χ3v) is 11.6. The highest BCUT2D eigenvalue weighted by atomic mass is 35.5. The molecule has 1 amide bonds. The van der Waals surface area contributed by atoms with Crippen molar-refractivity contribution in [1.82, 2.24) is 29.5 Å². The minimum atomic E-state index is -1.13. The zero-order valence-electron chi connectivity index (χ0n) is 38.5. The van der Waals surface area contributed by atoms with Crippen molar-refractivity contribution in [3.8, 4) is 45.2 Å². The number of hydrogen-bond donors (Lipinski definition) is 3. The lowest BCUT2D eigenvalue weighted by atomic mass is 9.89. The van der Waals surface area contributed by atoms with Crippen molar-refractivity contribution in [3.63, 3.8) is 0 Å². The van der Waals surface area contributed by atoms with Gasteiger partial charge in [-0.15, -0.1) is 0 Å². The first-order valence-corrected chi connectivity index (χ1v) is 22.7. The third-order valence-electron chi connectivity index (χ3n) is 11.4. The summed E-state index contributed by atoms with van der Waals surface area (Å²) in [5.74, 6) is 1.73. The molecule has 0 atom stereocenters. The Hall–Kier alpha value is -7.45. The molecule has 2 aromatic heterocycles. The van der Waals surface area contributed by atoms with Crippen molar-refractivity contribution in [3.05, 3.63) is 137 Å². The Morgan fingerprint density at radius 1 is 0.881 bits per heavy atom. The smallest absolute Gasteiger partial charge is 0.336 e. The van der Waals surface area contributed by atoms with Gasteiger partial charge in [-0.25, -0.2) is 14.4 Å². The molecular formula is C52H54ClN8O6+. The van der Waals surface area contributed by atoms with Crippen molar-refractivity contribution < 1.29 is 28.6 Å². The van der Waals surface area contributed by atoms with Crippen LogP contribution in [0.3, 0.4) is 0 Å². The molecule has 0 saturated carbocycles. The van der Waals surface area contributed by atoms with E-state index in [1.54, 1.807) is 16.6 Å². The van der Waals surface area contributed by atoms with Crippen LogP contribution in [0.4, 0.5) is 11.5 Å². The standard InChI is InChI=1S/C52H53ClN8O6/c1-32(2)66-45-26-35(53)17-15-34(45)30-55-48-29-43(58-52-56-31-57-61(48)52)39-13-9-10-14-44(39)65-24-12-8-7-11-23-54-50(62)33-16-20-38(42(25-33)51(63)64)49-40-21-18-36(59(3)4)27-46(40)67-47-28-37(60(5)6)19-22-41(47)49/h9-10,13-22,25-29,31-32H,7-8,11-12,23-24,30H2,1-6H3,(H2-,54,55,56,57,58,62,63,64)/p+1. The van der Waals surface area contributed by atoms with Gasteiger partial charge < -0.3 is 34.5 Å². The summed E-state index contributed by atoms with van der Waals surface area (Å²) < 4.78 is 22.4. The van der Waals surface area contributed by atoms with Crippen LogP contribution in [0.15, 0.2) is 114 Å². The zero-order chi connectivity index (χ0) is 47.2. The molecule has 0 bridgehead atoms. The number of aromatic nitrogens is 4. The van der Waals surface area contributed by atoms with E-state index in [4.69, 9.17) is 30.5 Å². The Morgan fingerprint density at radius 3 is 2.48 bits per heavy atom. The highest BCUT2D eigenvalue weighted by Gasteiger charge is 2.24. The number of carboxylic acid groups (broad SMARTS) is 1. The number of carbonyl (C=O) groups is 2. The van der Waals surface area contributed by atoms with Gasteiger partial charge in [0.2, 0.25) is 5.36 Å². The summed E-state index contributed by atoms with van der Waals surface area (Å²) in [5, 5.41) is 23.7. The second-order valence-corrected chi connectivity index (χ2v) is 17.4. The maximum absolute atomic E-state index is 13.4. The number of carboxylic acids is 1. The highest BCUT2D eigenvalue weighted by molar-refractivity contribution is 6.30. The molecule has 344 valence electrons. The van der Waals surface area contributed by atoms with E-state index < -0.39 is 5.97 Å². The molecule has 8 rings (SSSR count). The number of carbonyl (C=O) groups excluding carboxylic acids is 1. The van der Waals surface area contributed by atoms with Crippen molar-refractivity contribution in [2.75, 3.05) is 51.6 Å². The average Bonchev–Trinajstić information content (AvgIpc) is 3.80. The van der Waals surface area contributed by atoms with Crippen molar-refractivity contribution >= 4 is 51.7 Å². The van der Waals surface area contributed by atoms with Gasteiger partial charge in [0, 0.05) is 89.3 Å². The molecule has 6 aromatic rings. The SMILES string of the molecule is CC(C)Oc1cc(Cl)ccc1CNc1cc(-c2ccccc2OCCCCCCNC(=O)c2ccc(-c3c4ccc(=[N+](C)C)cc-4oc4cc(N(C)C)ccc34)c(C(=O)O)c2)nc2ncnn12. The summed E-state index contributed by atoms with van der Waals surface area (Å²) in [5.41, 5.74) is 6.33. The van der Waals surface area contributed by atoms with Crippen LogP contribution in [0, 0.1) is 0 Å². The molecule has 2 aliphatic rings. The number of para-hydroxylation sites is 1. The lowest BCUT2D eigenvalue weighted by Gasteiger charge is -2.19. The van der Waals surface area contributed by atoms with Gasteiger partial charge in [-0.1, -0.05) is 48.7 Å². The minimum Gasteiger partial charge on any atom is -0.493 e. The van der Waals surface area contributed by atoms with Gasteiger partial charge in [0.25, 0.3) is 11.7 Å². The summed E-state index contributed by atoms with van der Waals surface area (Å²) in [6, 6.07) is 32.0. The summed E-state index contributed by atoms with van der Waals surface area (Å²) in [6.45, 7) is 5.35. The monoisotopic (exact) mass is 921 g/mol. The minimum absolute atomic E-state index is 0.0121. The molecule has 0 spiro atoms. The molecule has 1 aliphatic carbocycles. The van der Waals surface area contributed by atoms with Crippen molar-refractivity contribution in [2.24, 2.45) is 0 Å². The summed E-state index contributed by atoms with van der Waals surface area (Å²) >= 11 is 6.28. The summed E-state index contributed by atoms with van der Waals surface area (Å²) in [6.07, 6.45) is 4.77. The molecule has 15 heteroatoms. The molecule has 1 aliphatic heterocycles. The number of aromatic carboxylic acids is 1. The predicted octanol–water partition coefficient (Wildman–Crippen LogP) is 9.53. The first-order valence-electron chi connectivity index (χ1n) is 22.3. The van der Waals surface area contributed by atoms with Crippen LogP contribution in [0.2, 0.25) is 5.02 Å². The Kier molecular flexibility index (Phi) is 14.0.